The number of anilines is 1. The zero-order valence-electron chi connectivity index (χ0n) is 17.9. The molecular weight excluding hydrogens is 481 g/mol. The minimum atomic E-state index is -0.756. The molecule has 32 heavy (non-hydrogen) atoms. The Hall–Kier alpha value is -2.72. The summed E-state index contributed by atoms with van der Waals surface area (Å²) in [4.78, 5) is 29.4. The predicted octanol–water partition coefficient (Wildman–Crippen LogP) is 3.01. The van der Waals surface area contributed by atoms with Crippen molar-refractivity contribution in [3.05, 3.63) is 58.1 Å². The third-order valence-electron chi connectivity index (χ3n) is 6.10. The number of urea groups is 1. The lowest BCUT2D eigenvalue weighted by Gasteiger charge is -2.33. The minimum Gasteiger partial charge on any atom is -0.389 e. The van der Waals surface area contributed by atoms with E-state index in [1.54, 1.807) is 21.5 Å². The van der Waals surface area contributed by atoms with Crippen molar-refractivity contribution in [3.63, 3.8) is 0 Å². The summed E-state index contributed by atoms with van der Waals surface area (Å²) in [6.07, 6.45) is 1.22. The zero-order chi connectivity index (χ0) is 23.2. The Balaban J connectivity index is 1.62. The normalized spacial score (nSPS) is 21.5. The second kappa shape index (κ2) is 8.67. The van der Waals surface area contributed by atoms with E-state index >= 15 is 0 Å². The molecule has 2 aliphatic heterocycles. The van der Waals surface area contributed by atoms with Gasteiger partial charge in [-0.05, 0) is 41.1 Å². The van der Waals surface area contributed by atoms with Crippen molar-refractivity contribution in [2.45, 2.75) is 38.6 Å². The molecule has 10 heteroatoms. The van der Waals surface area contributed by atoms with Gasteiger partial charge in [-0.25, -0.2) is 9.18 Å². The molecule has 2 aliphatic rings. The Morgan fingerprint density at radius 3 is 2.88 bits per heavy atom. The number of rotatable bonds is 3. The average Bonchev–Trinajstić information content (AvgIpc) is 3.04. The number of nitrogens with zero attached hydrogens (tertiary/aromatic N) is 4. The SMILES string of the molecule is C=CC(O)C1CN(C)C(=O)c2c3c(nn2C1)C[C@@H](C)N(C(=O)Nc1ccc(F)c(Br)c1)C3. The van der Waals surface area contributed by atoms with Crippen LogP contribution in [0.15, 0.2) is 35.3 Å². The third kappa shape index (κ3) is 4.04. The van der Waals surface area contributed by atoms with Gasteiger partial charge in [0.15, 0.2) is 0 Å². The van der Waals surface area contributed by atoms with Gasteiger partial charge in [-0.1, -0.05) is 6.08 Å². The number of halogens is 2. The standard InChI is InChI=1S/C22H25BrFN5O3/c1-4-19(30)13-9-27(3)21(31)20-15-11-28(12(2)7-18(15)26-29(20)10-13)22(32)25-14-5-6-17(24)16(23)8-14/h4-6,8,12-13,19,30H,1,7,9-11H2,2-3H3,(H,25,32)/t12-,13?,19?/m1/s1. The van der Waals surface area contributed by atoms with Gasteiger partial charge in [0.2, 0.25) is 0 Å². The molecule has 0 radical (unpaired) electrons. The number of hydrogen-bond donors (Lipinski definition) is 2. The Morgan fingerprint density at radius 1 is 1.44 bits per heavy atom. The van der Waals surface area contributed by atoms with Gasteiger partial charge in [0.25, 0.3) is 5.91 Å². The maximum Gasteiger partial charge on any atom is 0.322 e. The summed E-state index contributed by atoms with van der Waals surface area (Å²) >= 11 is 3.12. The molecular formula is C22H25BrFN5O3. The second-order valence-electron chi connectivity index (χ2n) is 8.37. The van der Waals surface area contributed by atoms with Crippen LogP contribution in [-0.2, 0) is 19.5 Å². The smallest absolute Gasteiger partial charge is 0.322 e. The molecule has 0 fully saturated rings. The highest BCUT2D eigenvalue weighted by molar-refractivity contribution is 9.10. The molecule has 2 aromatic rings. The molecule has 170 valence electrons. The summed E-state index contributed by atoms with van der Waals surface area (Å²) in [5.74, 6) is -0.822. The van der Waals surface area contributed by atoms with Crippen LogP contribution in [0.5, 0.6) is 0 Å². The number of carbonyl (C=O) groups is 2. The van der Waals surface area contributed by atoms with Crippen molar-refractivity contribution in [1.29, 1.82) is 0 Å². The van der Waals surface area contributed by atoms with Gasteiger partial charge in [0.1, 0.15) is 11.5 Å². The summed E-state index contributed by atoms with van der Waals surface area (Å²) in [6.45, 7) is 6.57. The molecule has 3 amide bonds. The van der Waals surface area contributed by atoms with Gasteiger partial charge < -0.3 is 20.2 Å². The first-order valence-corrected chi connectivity index (χ1v) is 11.2. The number of fused-ring (bicyclic) bond motifs is 3. The molecule has 4 rings (SSSR count). The van der Waals surface area contributed by atoms with Gasteiger partial charge in [0.05, 0.1) is 22.8 Å². The van der Waals surface area contributed by atoms with Crippen LogP contribution < -0.4 is 5.32 Å². The molecule has 8 nitrogen and oxygen atoms in total. The van der Waals surface area contributed by atoms with E-state index in [2.05, 4.69) is 32.9 Å². The molecule has 0 bridgehead atoms. The van der Waals surface area contributed by atoms with Crippen molar-refractivity contribution in [2.75, 3.05) is 18.9 Å². The molecule has 3 atom stereocenters. The van der Waals surface area contributed by atoms with E-state index in [4.69, 9.17) is 0 Å². The minimum absolute atomic E-state index is 0.145. The van der Waals surface area contributed by atoms with E-state index in [1.165, 1.54) is 24.3 Å². The van der Waals surface area contributed by atoms with Gasteiger partial charge in [0, 0.05) is 49.8 Å². The molecule has 0 saturated heterocycles. The molecule has 0 saturated carbocycles. The number of amides is 3. The number of aromatic nitrogens is 2. The number of aliphatic hydroxyl groups excluding tert-OH is 1. The summed E-state index contributed by atoms with van der Waals surface area (Å²) in [5.41, 5.74) is 2.43. The van der Waals surface area contributed by atoms with E-state index < -0.39 is 11.9 Å². The summed E-state index contributed by atoms with van der Waals surface area (Å²) in [7, 11) is 1.70. The van der Waals surface area contributed by atoms with Crippen molar-refractivity contribution in [1.82, 2.24) is 19.6 Å². The molecule has 3 heterocycles. The lowest BCUT2D eigenvalue weighted by atomic mass is 9.99. The number of benzene rings is 1. The molecule has 1 aromatic heterocycles. The maximum atomic E-state index is 13.5. The molecule has 2 unspecified atom stereocenters. The van der Waals surface area contributed by atoms with E-state index in [0.29, 0.717) is 30.9 Å². The zero-order valence-corrected chi connectivity index (χ0v) is 19.5. The highest BCUT2D eigenvalue weighted by Gasteiger charge is 2.37. The summed E-state index contributed by atoms with van der Waals surface area (Å²) in [5, 5.41) is 17.8. The van der Waals surface area contributed by atoms with Crippen LogP contribution in [0.4, 0.5) is 14.9 Å². The van der Waals surface area contributed by atoms with Crippen LogP contribution in [0.1, 0.15) is 28.7 Å². The van der Waals surface area contributed by atoms with Crippen LogP contribution in [-0.4, -0.2) is 62.4 Å². The lowest BCUT2D eigenvalue weighted by Crippen LogP contribution is -2.45. The molecule has 0 spiro atoms. The number of carbonyl (C=O) groups excluding carboxylic acids is 2. The topological polar surface area (TPSA) is 90.7 Å². The van der Waals surface area contributed by atoms with Crippen molar-refractivity contribution < 1.29 is 19.1 Å². The highest BCUT2D eigenvalue weighted by atomic mass is 79.9. The lowest BCUT2D eigenvalue weighted by molar-refractivity contribution is 0.0724. The van der Waals surface area contributed by atoms with Crippen molar-refractivity contribution >= 4 is 33.6 Å². The third-order valence-corrected chi connectivity index (χ3v) is 6.71. The van der Waals surface area contributed by atoms with E-state index in [0.717, 1.165) is 11.3 Å². The first kappa shape index (κ1) is 22.5. The fraction of sp³-hybridized carbons (Fsp3) is 0.409. The maximum absolute atomic E-state index is 13.5. The van der Waals surface area contributed by atoms with Gasteiger partial charge in [-0.2, -0.15) is 5.10 Å². The van der Waals surface area contributed by atoms with E-state index in [-0.39, 0.29) is 34.9 Å². The Labute approximate surface area is 193 Å². The Bertz CT molecular complexity index is 1090. The number of hydrogen-bond acceptors (Lipinski definition) is 4. The van der Waals surface area contributed by atoms with Crippen LogP contribution >= 0.6 is 15.9 Å². The summed E-state index contributed by atoms with van der Waals surface area (Å²) in [6, 6.07) is 3.79. The molecule has 2 N–H and O–H groups in total. The highest BCUT2D eigenvalue weighted by Crippen LogP contribution is 2.30. The average molecular weight is 506 g/mol. The first-order valence-electron chi connectivity index (χ1n) is 10.4. The van der Waals surface area contributed by atoms with Gasteiger partial charge >= 0.3 is 6.03 Å². The van der Waals surface area contributed by atoms with Crippen molar-refractivity contribution in [2.24, 2.45) is 5.92 Å². The largest absolute Gasteiger partial charge is 0.389 e. The van der Waals surface area contributed by atoms with E-state index in [1.807, 2.05) is 6.92 Å². The monoisotopic (exact) mass is 505 g/mol. The molecule has 0 aliphatic carbocycles. The fourth-order valence-electron chi connectivity index (χ4n) is 4.31. The van der Waals surface area contributed by atoms with Gasteiger partial charge in [-0.3, -0.25) is 9.48 Å². The van der Waals surface area contributed by atoms with Crippen LogP contribution in [0.2, 0.25) is 0 Å². The number of nitrogens with one attached hydrogen (secondary N) is 1. The second-order valence-corrected chi connectivity index (χ2v) is 9.22. The Morgan fingerprint density at radius 2 is 2.19 bits per heavy atom. The van der Waals surface area contributed by atoms with Crippen LogP contribution in [0.25, 0.3) is 0 Å². The quantitative estimate of drug-likeness (QED) is 0.627. The van der Waals surface area contributed by atoms with Crippen LogP contribution in [0, 0.1) is 11.7 Å². The Kier molecular flexibility index (Phi) is 6.09. The van der Waals surface area contributed by atoms with Gasteiger partial charge in [-0.15, -0.1) is 6.58 Å². The predicted molar refractivity (Wildman–Crippen MR) is 121 cm³/mol. The van der Waals surface area contributed by atoms with Crippen LogP contribution in [0.3, 0.4) is 0 Å². The van der Waals surface area contributed by atoms with Crippen molar-refractivity contribution in [3.8, 4) is 0 Å². The summed E-state index contributed by atoms with van der Waals surface area (Å²) < 4.78 is 15.4. The fourth-order valence-corrected chi connectivity index (χ4v) is 4.69. The van der Waals surface area contributed by atoms with E-state index in [9.17, 15) is 19.1 Å². The number of aliphatic hydroxyl groups is 1. The molecule has 1 aromatic carbocycles. The first-order chi connectivity index (χ1) is 15.2.